The number of fused-ring (bicyclic) bond motifs is 2. The van der Waals surface area contributed by atoms with Gasteiger partial charge < -0.3 is 16.0 Å². The van der Waals surface area contributed by atoms with Crippen molar-refractivity contribution in [2.45, 2.75) is 19.9 Å². The van der Waals surface area contributed by atoms with Crippen molar-refractivity contribution in [3.8, 4) is 11.1 Å². The van der Waals surface area contributed by atoms with Gasteiger partial charge >= 0.3 is 0 Å². The summed E-state index contributed by atoms with van der Waals surface area (Å²) in [6, 6.07) is 12.4. The molecule has 6 heteroatoms. The van der Waals surface area contributed by atoms with Crippen LogP contribution in [0.4, 0.5) is 17.3 Å². The van der Waals surface area contributed by atoms with Crippen LogP contribution in [0.5, 0.6) is 0 Å². The lowest BCUT2D eigenvalue weighted by molar-refractivity contribution is 0.313. The largest absolute Gasteiger partial charge is 0.398 e. The minimum atomic E-state index is 0.556. The molecule has 0 bridgehead atoms. The Morgan fingerprint density at radius 1 is 1.03 bits per heavy atom. The fourth-order valence-corrected chi connectivity index (χ4v) is 4.07. The number of anilines is 3. The Bertz CT molecular complexity index is 1250. The van der Waals surface area contributed by atoms with Crippen LogP contribution in [0.15, 0.2) is 55.0 Å². The number of nitrogens with two attached hydrogens (primary N) is 1. The van der Waals surface area contributed by atoms with Crippen molar-refractivity contribution in [2.75, 3.05) is 24.6 Å². The third kappa shape index (κ3) is 3.35. The number of nitrogens with zero attached hydrogens (tertiary/aromatic N) is 4. The predicted octanol–water partition coefficient (Wildman–Crippen LogP) is 4.31. The van der Waals surface area contributed by atoms with Crippen molar-refractivity contribution in [2.24, 2.45) is 0 Å². The third-order valence-corrected chi connectivity index (χ3v) is 5.78. The highest BCUT2D eigenvalue weighted by Gasteiger charge is 2.15. The maximum Gasteiger partial charge on any atom is 0.227 e. The van der Waals surface area contributed by atoms with Gasteiger partial charge in [-0.25, -0.2) is 9.97 Å². The van der Waals surface area contributed by atoms with E-state index in [-0.39, 0.29) is 0 Å². The Morgan fingerprint density at radius 2 is 1.93 bits per heavy atom. The second-order valence-electron chi connectivity index (χ2n) is 7.95. The number of nitrogens with one attached hydrogen (secondary N) is 1. The molecule has 1 aliphatic heterocycles. The Balaban J connectivity index is 1.56. The molecule has 0 unspecified atom stereocenters. The van der Waals surface area contributed by atoms with Gasteiger partial charge in [0.05, 0.1) is 5.52 Å². The summed E-state index contributed by atoms with van der Waals surface area (Å²) in [6.45, 7) is 4.14. The molecule has 5 rings (SSSR count). The summed E-state index contributed by atoms with van der Waals surface area (Å²) in [4.78, 5) is 16.0. The van der Waals surface area contributed by atoms with Crippen LogP contribution >= 0.6 is 0 Å². The van der Waals surface area contributed by atoms with E-state index >= 15 is 0 Å². The fraction of sp³-hybridized carbons (Fsp3) is 0.208. The van der Waals surface area contributed by atoms with Gasteiger partial charge in [-0.2, -0.15) is 0 Å². The van der Waals surface area contributed by atoms with Gasteiger partial charge in [0.15, 0.2) is 0 Å². The van der Waals surface area contributed by atoms with E-state index in [0.717, 1.165) is 52.8 Å². The summed E-state index contributed by atoms with van der Waals surface area (Å²) in [5, 5.41) is 4.22. The van der Waals surface area contributed by atoms with E-state index in [2.05, 4.69) is 52.4 Å². The van der Waals surface area contributed by atoms with Crippen LogP contribution in [-0.4, -0.2) is 33.4 Å². The van der Waals surface area contributed by atoms with Gasteiger partial charge in [-0.3, -0.25) is 4.98 Å². The summed E-state index contributed by atoms with van der Waals surface area (Å²) >= 11 is 0. The Kier molecular flexibility index (Phi) is 4.56. The molecule has 0 saturated carbocycles. The average Bonchev–Trinajstić information content (AvgIpc) is 2.74. The number of aryl methyl sites for hydroxylation is 1. The summed E-state index contributed by atoms with van der Waals surface area (Å²) in [7, 11) is 2.15. The average molecular weight is 396 g/mol. The highest BCUT2D eigenvalue weighted by atomic mass is 15.1. The molecule has 2 aromatic heterocycles. The molecule has 3 N–H and O–H groups in total. The Labute approximate surface area is 175 Å². The first-order chi connectivity index (χ1) is 14.6. The molecule has 30 heavy (non-hydrogen) atoms. The molecule has 0 radical (unpaired) electrons. The zero-order valence-electron chi connectivity index (χ0n) is 17.2. The number of nitrogen functional groups attached to an aromatic ring is 1. The summed E-state index contributed by atoms with van der Waals surface area (Å²) in [5.41, 5.74) is 14.6. The number of aromatic nitrogens is 3. The number of hydrogen-bond donors (Lipinski definition) is 2. The topological polar surface area (TPSA) is 80.0 Å². The molecule has 1 aliphatic rings. The van der Waals surface area contributed by atoms with E-state index in [1.165, 1.54) is 11.1 Å². The zero-order chi connectivity index (χ0) is 20.7. The quantitative estimate of drug-likeness (QED) is 0.502. The van der Waals surface area contributed by atoms with Crippen molar-refractivity contribution in [3.05, 3.63) is 71.7 Å². The van der Waals surface area contributed by atoms with Crippen LogP contribution in [0.25, 0.3) is 22.0 Å². The molecule has 0 spiro atoms. The van der Waals surface area contributed by atoms with Crippen molar-refractivity contribution >= 4 is 28.2 Å². The van der Waals surface area contributed by atoms with Gasteiger partial charge in [0.25, 0.3) is 0 Å². The minimum Gasteiger partial charge on any atom is -0.398 e. The van der Waals surface area contributed by atoms with Crippen molar-refractivity contribution in [1.82, 2.24) is 19.9 Å². The van der Waals surface area contributed by atoms with Gasteiger partial charge in [-0.15, -0.1) is 0 Å². The van der Waals surface area contributed by atoms with Crippen LogP contribution in [0, 0.1) is 6.92 Å². The molecule has 0 atom stereocenters. The number of likely N-dealkylation sites (N-methyl/N-ethyl adjacent to an activating group) is 1. The van der Waals surface area contributed by atoms with E-state index in [9.17, 15) is 0 Å². The van der Waals surface area contributed by atoms with Gasteiger partial charge in [-0.05, 0) is 61.3 Å². The van der Waals surface area contributed by atoms with E-state index in [1.807, 2.05) is 24.4 Å². The number of rotatable bonds is 3. The lowest BCUT2D eigenvalue weighted by Crippen LogP contribution is -2.26. The predicted molar refractivity (Wildman–Crippen MR) is 122 cm³/mol. The highest BCUT2D eigenvalue weighted by Crippen LogP contribution is 2.33. The number of benzene rings is 2. The maximum absolute atomic E-state index is 6.21. The number of pyridine rings is 1. The Morgan fingerprint density at radius 3 is 2.80 bits per heavy atom. The van der Waals surface area contributed by atoms with Gasteiger partial charge in [0.2, 0.25) is 5.95 Å². The van der Waals surface area contributed by atoms with Gasteiger partial charge in [0.1, 0.15) is 0 Å². The number of hydrogen-bond acceptors (Lipinski definition) is 6. The zero-order valence-corrected chi connectivity index (χ0v) is 17.2. The first-order valence-electron chi connectivity index (χ1n) is 10.1. The SMILES string of the molecule is Cc1ccncc1-c1ccc(N)c2cnc(Nc3ccc4c(c3)CN(C)CC4)nc12. The van der Waals surface area contributed by atoms with E-state index in [0.29, 0.717) is 11.6 Å². The molecule has 0 aliphatic carbocycles. The highest BCUT2D eigenvalue weighted by molar-refractivity contribution is 6.00. The lowest BCUT2D eigenvalue weighted by Gasteiger charge is -2.25. The van der Waals surface area contributed by atoms with Crippen molar-refractivity contribution < 1.29 is 0 Å². The van der Waals surface area contributed by atoms with Crippen molar-refractivity contribution in [3.63, 3.8) is 0 Å². The van der Waals surface area contributed by atoms with E-state index in [1.54, 1.807) is 12.4 Å². The first-order valence-corrected chi connectivity index (χ1v) is 10.1. The summed E-state index contributed by atoms with van der Waals surface area (Å²) in [5.74, 6) is 0.556. The maximum atomic E-state index is 6.21. The molecule has 4 aromatic rings. The first kappa shape index (κ1) is 18.5. The molecule has 0 saturated heterocycles. The normalized spacial score (nSPS) is 13.9. The molecule has 150 valence electrons. The van der Waals surface area contributed by atoms with Crippen LogP contribution in [0.3, 0.4) is 0 Å². The van der Waals surface area contributed by atoms with Crippen molar-refractivity contribution in [1.29, 1.82) is 0 Å². The van der Waals surface area contributed by atoms with Gasteiger partial charge in [0, 0.05) is 59.6 Å². The molecule has 0 fully saturated rings. The van der Waals surface area contributed by atoms with Crippen LogP contribution in [0.2, 0.25) is 0 Å². The van der Waals surface area contributed by atoms with Gasteiger partial charge in [-0.1, -0.05) is 12.1 Å². The standard InChI is InChI=1S/C24H24N6/c1-15-7-9-26-12-20(15)19-5-6-22(25)21-13-27-24(29-23(19)21)28-18-4-3-16-8-10-30(2)14-17(16)11-18/h3-7,9,11-13H,8,10,14,25H2,1-2H3,(H,27,28,29). The third-order valence-electron chi connectivity index (χ3n) is 5.78. The summed E-state index contributed by atoms with van der Waals surface area (Å²) < 4.78 is 0. The van der Waals surface area contributed by atoms with Crippen LogP contribution in [-0.2, 0) is 13.0 Å². The summed E-state index contributed by atoms with van der Waals surface area (Å²) in [6.07, 6.45) is 6.55. The molecular formula is C24H24N6. The van der Waals surface area contributed by atoms with E-state index < -0.39 is 0 Å². The molecule has 3 heterocycles. The molecule has 2 aromatic carbocycles. The van der Waals surface area contributed by atoms with E-state index in [4.69, 9.17) is 10.7 Å². The molecule has 6 nitrogen and oxygen atoms in total. The second-order valence-corrected chi connectivity index (χ2v) is 7.95. The van der Waals surface area contributed by atoms with Crippen LogP contribution < -0.4 is 11.1 Å². The monoisotopic (exact) mass is 396 g/mol. The Hall–Kier alpha value is -3.51. The lowest BCUT2D eigenvalue weighted by atomic mass is 9.99. The fourth-order valence-electron chi connectivity index (χ4n) is 4.07. The molecular weight excluding hydrogens is 372 g/mol. The molecule has 0 amide bonds. The van der Waals surface area contributed by atoms with Crippen LogP contribution in [0.1, 0.15) is 16.7 Å². The smallest absolute Gasteiger partial charge is 0.227 e. The second kappa shape index (κ2) is 7.39. The minimum absolute atomic E-state index is 0.556.